The molecule has 0 aromatic heterocycles. The van der Waals surface area contributed by atoms with Crippen LogP contribution < -0.4 is 0 Å². The van der Waals surface area contributed by atoms with E-state index in [0.717, 1.165) is 6.26 Å². The Bertz CT molecular complexity index is 587. The summed E-state index contributed by atoms with van der Waals surface area (Å²) in [7, 11) is -3.48. The second-order valence-electron chi connectivity index (χ2n) is 4.27. The molecule has 1 fully saturated rings. The SMILES string of the molecule is CS(=O)(=O)c1cccc(Cl)c1C1(C(=O)O)CC1. The van der Waals surface area contributed by atoms with Crippen LogP contribution in [0.15, 0.2) is 23.1 Å². The highest BCUT2D eigenvalue weighted by atomic mass is 35.5. The third-order valence-electron chi connectivity index (χ3n) is 3.01. The van der Waals surface area contributed by atoms with Gasteiger partial charge in [0.1, 0.15) is 0 Å². The summed E-state index contributed by atoms with van der Waals surface area (Å²) in [6.45, 7) is 0. The molecule has 1 aromatic carbocycles. The molecule has 1 saturated carbocycles. The smallest absolute Gasteiger partial charge is 0.314 e. The largest absolute Gasteiger partial charge is 0.481 e. The summed E-state index contributed by atoms with van der Waals surface area (Å²) in [5, 5.41) is 9.42. The first-order valence-electron chi connectivity index (χ1n) is 5.01. The van der Waals surface area contributed by atoms with Gasteiger partial charge in [0.25, 0.3) is 0 Å². The highest BCUT2D eigenvalue weighted by Gasteiger charge is 2.54. The van der Waals surface area contributed by atoms with E-state index >= 15 is 0 Å². The molecule has 0 atom stereocenters. The summed E-state index contributed by atoms with van der Waals surface area (Å²) in [4.78, 5) is 11.3. The summed E-state index contributed by atoms with van der Waals surface area (Å²) in [5.41, 5.74) is -0.881. The summed E-state index contributed by atoms with van der Waals surface area (Å²) < 4.78 is 23.3. The minimum absolute atomic E-state index is 0.0184. The number of hydrogen-bond acceptors (Lipinski definition) is 3. The lowest BCUT2D eigenvalue weighted by atomic mass is 9.96. The van der Waals surface area contributed by atoms with Crippen LogP contribution in [-0.2, 0) is 20.0 Å². The van der Waals surface area contributed by atoms with Crippen LogP contribution in [0.2, 0.25) is 5.02 Å². The van der Waals surface area contributed by atoms with Gasteiger partial charge in [0.15, 0.2) is 9.84 Å². The van der Waals surface area contributed by atoms with Crippen molar-refractivity contribution < 1.29 is 18.3 Å². The number of carboxylic acid groups (broad SMARTS) is 1. The van der Waals surface area contributed by atoms with Crippen LogP contribution in [0.25, 0.3) is 0 Å². The molecule has 0 amide bonds. The van der Waals surface area contributed by atoms with Gasteiger partial charge in [0, 0.05) is 16.8 Å². The predicted molar refractivity (Wildman–Crippen MR) is 63.1 cm³/mol. The lowest BCUT2D eigenvalue weighted by Gasteiger charge is -2.16. The molecule has 0 saturated heterocycles. The van der Waals surface area contributed by atoms with Crippen molar-refractivity contribution in [2.45, 2.75) is 23.2 Å². The Labute approximate surface area is 104 Å². The van der Waals surface area contributed by atoms with E-state index in [2.05, 4.69) is 0 Å². The van der Waals surface area contributed by atoms with E-state index < -0.39 is 21.2 Å². The average Bonchev–Trinajstić information content (AvgIpc) is 2.96. The fourth-order valence-corrected chi connectivity index (χ4v) is 3.39. The molecule has 1 aromatic rings. The standard InChI is InChI=1S/C11H11ClO4S/c1-17(15,16)8-4-2-3-7(12)9(8)11(5-6-11)10(13)14/h2-4H,5-6H2,1H3,(H,13,14). The van der Waals surface area contributed by atoms with Crippen LogP contribution >= 0.6 is 11.6 Å². The van der Waals surface area contributed by atoms with Crippen LogP contribution in [0.1, 0.15) is 18.4 Å². The molecule has 0 aliphatic heterocycles. The number of sulfone groups is 1. The molecule has 4 nitrogen and oxygen atoms in total. The predicted octanol–water partition coefficient (Wildman–Crippen LogP) is 1.86. The molecule has 2 rings (SSSR count). The molecule has 1 aliphatic rings. The third-order valence-corrected chi connectivity index (χ3v) is 4.47. The van der Waals surface area contributed by atoms with Gasteiger partial charge in [-0.05, 0) is 25.0 Å². The highest BCUT2D eigenvalue weighted by molar-refractivity contribution is 7.90. The maximum Gasteiger partial charge on any atom is 0.314 e. The van der Waals surface area contributed by atoms with Gasteiger partial charge < -0.3 is 5.11 Å². The molecule has 1 N–H and O–H groups in total. The Hall–Kier alpha value is -1.07. The van der Waals surface area contributed by atoms with Gasteiger partial charge in [-0.1, -0.05) is 17.7 Å². The zero-order chi connectivity index (χ0) is 12.8. The second-order valence-corrected chi connectivity index (χ2v) is 6.66. The minimum Gasteiger partial charge on any atom is -0.481 e. The molecular weight excluding hydrogens is 264 g/mol. The van der Waals surface area contributed by atoms with Crippen molar-refractivity contribution in [2.24, 2.45) is 0 Å². The quantitative estimate of drug-likeness (QED) is 0.913. The highest BCUT2D eigenvalue weighted by Crippen LogP contribution is 2.52. The van der Waals surface area contributed by atoms with Crippen molar-refractivity contribution in [1.82, 2.24) is 0 Å². The van der Waals surface area contributed by atoms with E-state index in [4.69, 9.17) is 11.6 Å². The van der Waals surface area contributed by atoms with Gasteiger partial charge in [-0.2, -0.15) is 0 Å². The maximum absolute atomic E-state index is 11.7. The molecule has 0 bridgehead atoms. The van der Waals surface area contributed by atoms with Crippen molar-refractivity contribution in [3.8, 4) is 0 Å². The van der Waals surface area contributed by atoms with Crippen molar-refractivity contribution in [3.05, 3.63) is 28.8 Å². The molecular formula is C11H11ClO4S. The maximum atomic E-state index is 11.7. The van der Waals surface area contributed by atoms with Crippen LogP contribution in [0, 0.1) is 0 Å². The van der Waals surface area contributed by atoms with E-state index in [1.165, 1.54) is 18.2 Å². The Morgan fingerprint density at radius 1 is 1.41 bits per heavy atom. The van der Waals surface area contributed by atoms with E-state index in [9.17, 15) is 18.3 Å². The molecule has 1 aliphatic carbocycles. The Balaban J connectivity index is 2.74. The van der Waals surface area contributed by atoms with E-state index in [1.807, 2.05) is 0 Å². The normalized spacial score (nSPS) is 17.8. The van der Waals surface area contributed by atoms with Crippen LogP contribution in [0.5, 0.6) is 0 Å². The van der Waals surface area contributed by atoms with Crippen molar-refractivity contribution in [3.63, 3.8) is 0 Å². The number of carboxylic acids is 1. The Morgan fingerprint density at radius 3 is 2.41 bits per heavy atom. The van der Waals surface area contributed by atoms with Crippen molar-refractivity contribution >= 4 is 27.4 Å². The number of benzene rings is 1. The Morgan fingerprint density at radius 2 is 2.00 bits per heavy atom. The second kappa shape index (κ2) is 3.71. The summed E-state index contributed by atoms with van der Waals surface area (Å²) in [6, 6.07) is 4.44. The van der Waals surface area contributed by atoms with E-state index in [-0.39, 0.29) is 15.5 Å². The van der Waals surface area contributed by atoms with Gasteiger partial charge >= 0.3 is 5.97 Å². The van der Waals surface area contributed by atoms with Gasteiger partial charge in [-0.25, -0.2) is 8.42 Å². The van der Waals surface area contributed by atoms with Gasteiger partial charge in [0.2, 0.25) is 0 Å². The zero-order valence-electron chi connectivity index (χ0n) is 9.10. The third kappa shape index (κ3) is 1.93. The minimum atomic E-state index is -3.48. The van der Waals surface area contributed by atoms with Crippen LogP contribution in [0.3, 0.4) is 0 Å². The Kier molecular flexibility index (Phi) is 2.71. The summed E-state index contributed by atoms with van der Waals surface area (Å²) >= 11 is 5.98. The van der Waals surface area contributed by atoms with Crippen LogP contribution in [0.4, 0.5) is 0 Å². The number of rotatable bonds is 3. The number of hydrogen-bond donors (Lipinski definition) is 1. The summed E-state index contributed by atoms with van der Waals surface area (Å²) in [6.07, 6.45) is 1.91. The number of aliphatic carboxylic acids is 1. The number of carbonyl (C=O) groups is 1. The van der Waals surface area contributed by atoms with Crippen LogP contribution in [-0.4, -0.2) is 25.7 Å². The lowest BCUT2D eigenvalue weighted by molar-refractivity contribution is -0.140. The molecule has 92 valence electrons. The van der Waals surface area contributed by atoms with E-state index in [0.29, 0.717) is 12.8 Å². The monoisotopic (exact) mass is 274 g/mol. The first kappa shape index (κ1) is 12.4. The molecule has 0 heterocycles. The van der Waals surface area contributed by atoms with Crippen molar-refractivity contribution in [2.75, 3.05) is 6.26 Å². The van der Waals surface area contributed by atoms with Crippen molar-refractivity contribution in [1.29, 1.82) is 0 Å². The first-order chi connectivity index (χ1) is 7.79. The lowest BCUT2D eigenvalue weighted by Crippen LogP contribution is -2.22. The first-order valence-corrected chi connectivity index (χ1v) is 7.28. The molecule has 0 spiro atoms. The fraction of sp³-hybridized carbons (Fsp3) is 0.364. The molecule has 0 radical (unpaired) electrons. The van der Waals surface area contributed by atoms with E-state index in [1.54, 1.807) is 0 Å². The molecule has 17 heavy (non-hydrogen) atoms. The van der Waals surface area contributed by atoms with Gasteiger partial charge in [-0.15, -0.1) is 0 Å². The topological polar surface area (TPSA) is 71.4 Å². The molecule has 6 heteroatoms. The average molecular weight is 275 g/mol. The van der Waals surface area contributed by atoms with Gasteiger partial charge in [0.05, 0.1) is 10.3 Å². The summed E-state index contributed by atoms with van der Waals surface area (Å²) in [5.74, 6) is -1.02. The zero-order valence-corrected chi connectivity index (χ0v) is 10.7. The number of halogens is 1. The molecule has 0 unspecified atom stereocenters. The fourth-order valence-electron chi connectivity index (χ4n) is 1.97. The van der Waals surface area contributed by atoms with Gasteiger partial charge in [-0.3, -0.25) is 4.79 Å².